The molecule has 1 unspecified atom stereocenters. The lowest BCUT2D eigenvalue weighted by atomic mass is 10.2. The summed E-state index contributed by atoms with van der Waals surface area (Å²) in [6.07, 6.45) is -0.365. The molecule has 1 aliphatic heterocycles. The van der Waals surface area contributed by atoms with Crippen LogP contribution in [-0.4, -0.2) is 37.6 Å². The van der Waals surface area contributed by atoms with E-state index >= 15 is 0 Å². The maximum absolute atomic E-state index is 13.8. The normalized spacial score (nSPS) is 19.1. The van der Waals surface area contributed by atoms with E-state index in [9.17, 15) is 13.6 Å². The van der Waals surface area contributed by atoms with Crippen LogP contribution >= 0.6 is 0 Å². The summed E-state index contributed by atoms with van der Waals surface area (Å²) in [6, 6.07) is 2.41. The van der Waals surface area contributed by atoms with Crippen molar-refractivity contribution in [2.24, 2.45) is 0 Å². The number of likely N-dealkylation sites (N-methyl/N-ethyl adjacent to an activating group) is 1. The highest BCUT2D eigenvalue weighted by atomic mass is 19.1. The van der Waals surface area contributed by atoms with Gasteiger partial charge in [-0.1, -0.05) is 0 Å². The van der Waals surface area contributed by atoms with Gasteiger partial charge in [0.15, 0.2) is 23.5 Å². The molecule has 1 aromatic carbocycles. The van der Waals surface area contributed by atoms with Gasteiger partial charge in [0.2, 0.25) is 0 Å². The Hall–Kier alpha value is -1.69. The highest BCUT2D eigenvalue weighted by Gasteiger charge is 2.32. The summed E-state index contributed by atoms with van der Waals surface area (Å²) in [5, 5.41) is 2.81. The molecule has 1 amide bonds. The third kappa shape index (κ3) is 2.84. The van der Waals surface area contributed by atoms with Crippen LogP contribution in [0.5, 0.6) is 5.75 Å². The Labute approximate surface area is 110 Å². The number of carbonyl (C=O) groups excluding carboxylic acids is 1. The molecular formula is C13H16F2N2O2. The molecule has 0 bridgehead atoms. The van der Waals surface area contributed by atoms with E-state index in [1.54, 1.807) is 14.1 Å². The summed E-state index contributed by atoms with van der Waals surface area (Å²) in [7, 11) is 3.32. The van der Waals surface area contributed by atoms with E-state index in [4.69, 9.17) is 4.74 Å². The van der Waals surface area contributed by atoms with Gasteiger partial charge in [-0.2, -0.15) is 0 Å². The van der Waals surface area contributed by atoms with Crippen molar-refractivity contribution in [1.29, 1.82) is 0 Å². The van der Waals surface area contributed by atoms with E-state index in [1.165, 1.54) is 17.0 Å². The molecule has 0 aliphatic carbocycles. The summed E-state index contributed by atoms with van der Waals surface area (Å²) in [4.78, 5) is 13.1. The zero-order chi connectivity index (χ0) is 14.0. The molecule has 0 aromatic heterocycles. The minimum Gasteiger partial charge on any atom is -0.474 e. The quantitative estimate of drug-likeness (QED) is 0.896. The van der Waals surface area contributed by atoms with Crippen LogP contribution < -0.4 is 10.1 Å². The minimum atomic E-state index is -0.802. The number of rotatable bonds is 4. The van der Waals surface area contributed by atoms with Gasteiger partial charge < -0.3 is 15.0 Å². The average molecular weight is 270 g/mol. The van der Waals surface area contributed by atoms with E-state index in [1.807, 2.05) is 0 Å². The predicted octanol–water partition coefficient (Wildman–Crippen LogP) is 1.29. The Bertz CT molecular complexity index is 471. The molecule has 2 rings (SSSR count). The molecule has 1 N–H and O–H groups in total. The minimum absolute atomic E-state index is 0.252. The molecule has 1 heterocycles. The van der Waals surface area contributed by atoms with Crippen LogP contribution in [0.15, 0.2) is 12.1 Å². The largest absolute Gasteiger partial charge is 0.474 e. The fourth-order valence-corrected chi connectivity index (χ4v) is 2.07. The summed E-state index contributed by atoms with van der Waals surface area (Å²) in [6.45, 7) is 0.893. The van der Waals surface area contributed by atoms with E-state index in [0.29, 0.717) is 25.1 Å². The topological polar surface area (TPSA) is 41.6 Å². The Morgan fingerprint density at radius 2 is 2.05 bits per heavy atom. The number of ether oxygens (including phenoxy) is 1. The van der Waals surface area contributed by atoms with Gasteiger partial charge in [0.05, 0.1) is 0 Å². The van der Waals surface area contributed by atoms with Crippen molar-refractivity contribution in [3.8, 4) is 5.75 Å². The summed E-state index contributed by atoms with van der Waals surface area (Å²) < 4.78 is 32.8. The first-order valence-electron chi connectivity index (χ1n) is 6.07. The molecule has 1 aromatic rings. The van der Waals surface area contributed by atoms with Crippen molar-refractivity contribution >= 4 is 5.91 Å². The molecule has 1 atom stereocenters. The van der Waals surface area contributed by atoms with Crippen molar-refractivity contribution in [1.82, 2.24) is 10.2 Å². The zero-order valence-corrected chi connectivity index (χ0v) is 10.9. The molecule has 1 aliphatic rings. The van der Waals surface area contributed by atoms with Crippen molar-refractivity contribution in [2.75, 3.05) is 20.6 Å². The van der Waals surface area contributed by atoms with Gasteiger partial charge >= 0.3 is 0 Å². The SMILES string of the molecule is CNCc1cc(F)c(OC2CCN(C)C2=O)c(F)c1. The van der Waals surface area contributed by atoms with Crippen molar-refractivity contribution < 1.29 is 18.3 Å². The van der Waals surface area contributed by atoms with Crippen LogP contribution in [0.4, 0.5) is 8.78 Å². The highest BCUT2D eigenvalue weighted by molar-refractivity contribution is 5.83. The molecule has 104 valence electrons. The number of hydrogen-bond acceptors (Lipinski definition) is 3. The first kappa shape index (κ1) is 13.7. The molecular weight excluding hydrogens is 254 g/mol. The number of nitrogens with one attached hydrogen (secondary N) is 1. The van der Waals surface area contributed by atoms with Gasteiger partial charge in [-0.15, -0.1) is 0 Å². The van der Waals surface area contributed by atoms with Gasteiger partial charge in [0.25, 0.3) is 5.91 Å². The molecule has 19 heavy (non-hydrogen) atoms. The van der Waals surface area contributed by atoms with Crippen LogP contribution in [0, 0.1) is 11.6 Å². The Morgan fingerprint density at radius 3 is 2.53 bits per heavy atom. The lowest BCUT2D eigenvalue weighted by Gasteiger charge is -2.15. The Kier molecular flexibility index (Phi) is 3.99. The zero-order valence-electron chi connectivity index (χ0n) is 10.9. The Morgan fingerprint density at radius 1 is 1.42 bits per heavy atom. The molecule has 0 radical (unpaired) electrons. The second-order valence-electron chi connectivity index (χ2n) is 4.57. The first-order chi connectivity index (χ1) is 9.02. The number of likely N-dealkylation sites (tertiary alicyclic amines) is 1. The second kappa shape index (κ2) is 5.52. The number of amides is 1. The van der Waals surface area contributed by atoms with E-state index < -0.39 is 23.5 Å². The number of nitrogens with zero attached hydrogens (tertiary/aromatic N) is 1. The van der Waals surface area contributed by atoms with Crippen LogP contribution in [0.3, 0.4) is 0 Å². The van der Waals surface area contributed by atoms with Gasteiger partial charge in [0, 0.05) is 26.6 Å². The third-order valence-electron chi connectivity index (χ3n) is 3.08. The molecule has 0 spiro atoms. The van der Waals surface area contributed by atoms with Crippen LogP contribution in [0.1, 0.15) is 12.0 Å². The second-order valence-corrected chi connectivity index (χ2v) is 4.57. The fraction of sp³-hybridized carbons (Fsp3) is 0.462. The first-order valence-corrected chi connectivity index (χ1v) is 6.07. The fourth-order valence-electron chi connectivity index (χ4n) is 2.07. The van der Waals surface area contributed by atoms with E-state index in [0.717, 1.165) is 0 Å². The maximum Gasteiger partial charge on any atom is 0.263 e. The predicted molar refractivity (Wildman–Crippen MR) is 65.8 cm³/mol. The highest BCUT2D eigenvalue weighted by Crippen LogP contribution is 2.26. The lowest BCUT2D eigenvalue weighted by molar-refractivity contribution is -0.132. The van der Waals surface area contributed by atoms with E-state index in [2.05, 4.69) is 5.32 Å². The van der Waals surface area contributed by atoms with Gasteiger partial charge in [-0.05, 0) is 24.7 Å². The van der Waals surface area contributed by atoms with Crippen LogP contribution in [-0.2, 0) is 11.3 Å². The molecule has 0 saturated carbocycles. The third-order valence-corrected chi connectivity index (χ3v) is 3.08. The average Bonchev–Trinajstić information content (AvgIpc) is 2.66. The smallest absolute Gasteiger partial charge is 0.263 e. The molecule has 4 nitrogen and oxygen atoms in total. The Balaban J connectivity index is 2.19. The lowest BCUT2D eigenvalue weighted by Crippen LogP contribution is -2.30. The summed E-state index contributed by atoms with van der Waals surface area (Å²) in [5.41, 5.74) is 0.486. The summed E-state index contributed by atoms with van der Waals surface area (Å²) in [5.74, 6) is -2.30. The van der Waals surface area contributed by atoms with Crippen LogP contribution in [0.25, 0.3) is 0 Å². The maximum atomic E-state index is 13.8. The molecule has 1 fully saturated rings. The number of carbonyl (C=O) groups is 1. The molecule has 6 heteroatoms. The number of benzene rings is 1. The van der Waals surface area contributed by atoms with Gasteiger partial charge in [-0.25, -0.2) is 8.78 Å². The van der Waals surface area contributed by atoms with Crippen molar-refractivity contribution in [3.63, 3.8) is 0 Å². The monoisotopic (exact) mass is 270 g/mol. The van der Waals surface area contributed by atoms with E-state index in [-0.39, 0.29) is 5.91 Å². The van der Waals surface area contributed by atoms with Gasteiger partial charge in [0.1, 0.15) is 0 Å². The summed E-state index contributed by atoms with van der Waals surface area (Å²) >= 11 is 0. The van der Waals surface area contributed by atoms with Gasteiger partial charge in [-0.3, -0.25) is 4.79 Å². The van der Waals surface area contributed by atoms with Crippen molar-refractivity contribution in [3.05, 3.63) is 29.3 Å². The van der Waals surface area contributed by atoms with Crippen LogP contribution in [0.2, 0.25) is 0 Å². The van der Waals surface area contributed by atoms with Crippen molar-refractivity contribution in [2.45, 2.75) is 19.1 Å². The molecule has 1 saturated heterocycles. The number of halogens is 2. The number of hydrogen-bond donors (Lipinski definition) is 1. The standard InChI is InChI=1S/C13H16F2N2O2/c1-16-7-8-5-9(14)12(10(15)6-8)19-11-3-4-17(2)13(11)18/h5-6,11,16H,3-4,7H2,1-2H3.